The van der Waals surface area contributed by atoms with Crippen molar-refractivity contribution in [3.05, 3.63) is 41.2 Å². The molecule has 0 unspecified atom stereocenters. The first kappa shape index (κ1) is 12.4. The number of carbonyl (C=O) groups excluding carboxylic acids is 1. The van der Waals surface area contributed by atoms with E-state index in [4.69, 9.17) is 4.74 Å². The Morgan fingerprint density at radius 3 is 2.88 bits per heavy atom. The van der Waals surface area contributed by atoms with Crippen LogP contribution in [-0.4, -0.2) is 12.6 Å². The molecule has 0 radical (unpaired) electrons. The Labute approximate surface area is 94.7 Å². The zero-order chi connectivity index (χ0) is 12.0. The monoisotopic (exact) mass is 222 g/mol. The summed E-state index contributed by atoms with van der Waals surface area (Å²) in [5.74, 6) is -0.577. The molecule has 0 aliphatic carbocycles. The SMILES string of the molecule is CCOC(=O)CC=Cc1ccc(C)cc1F. The lowest BCUT2D eigenvalue weighted by atomic mass is 10.1. The highest BCUT2D eigenvalue weighted by Gasteiger charge is 1.99. The third-order valence-electron chi connectivity index (χ3n) is 2.04. The Kier molecular flexibility index (Phi) is 4.70. The van der Waals surface area contributed by atoms with Gasteiger partial charge >= 0.3 is 5.97 Å². The fraction of sp³-hybridized carbons (Fsp3) is 0.308. The normalized spacial score (nSPS) is 10.7. The van der Waals surface area contributed by atoms with Crippen LogP contribution in [0, 0.1) is 12.7 Å². The Balaban J connectivity index is 2.59. The first-order valence-corrected chi connectivity index (χ1v) is 5.21. The number of rotatable bonds is 4. The topological polar surface area (TPSA) is 26.3 Å². The molecule has 1 aromatic rings. The number of hydrogen-bond donors (Lipinski definition) is 0. The van der Waals surface area contributed by atoms with Crippen LogP contribution in [0.5, 0.6) is 0 Å². The highest BCUT2D eigenvalue weighted by Crippen LogP contribution is 2.11. The van der Waals surface area contributed by atoms with Gasteiger partial charge in [-0.1, -0.05) is 24.3 Å². The van der Waals surface area contributed by atoms with Crippen LogP contribution in [-0.2, 0) is 9.53 Å². The number of aryl methyl sites for hydroxylation is 1. The van der Waals surface area contributed by atoms with Gasteiger partial charge in [-0.15, -0.1) is 0 Å². The summed E-state index contributed by atoms with van der Waals surface area (Å²) in [6.45, 7) is 3.95. The van der Waals surface area contributed by atoms with Gasteiger partial charge in [0.25, 0.3) is 0 Å². The van der Waals surface area contributed by atoms with Crippen molar-refractivity contribution in [1.82, 2.24) is 0 Å². The lowest BCUT2D eigenvalue weighted by Gasteiger charge is -1.99. The van der Waals surface area contributed by atoms with Crippen LogP contribution in [0.15, 0.2) is 24.3 Å². The van der Waals surface area contributed by atoms with Gasteiger partial charge < -0.3 is 4.74 Å². The fourth-order valence-corrected chi connectivity index (χ4v) is 1.27. The van der Waals surface area contributed by atoms with Crippen molar-refractivity contribution in [1.29, 1.82) is 0 Å². The smallest absolute Gasteiger partial charge is 0.309 e. The lowest BCUT2D eigenvalue weighted by Crippen LogP contribution is -2.01. The summed E-state index contributed by atoms with van der Waals surface area (Å²) < 4.78 is 18.1. The number of benzene rings is 1. The zero-order valence-corrected chi connectivity index (χ0v) is 9.50. The van der Waals surface area contributed by atoms with E-state index < -0.39 is 0 Å². The molecular weight excluding hydrogens is 207 g/mol. The van der Waals surface area contributed by atoms with Gasteiger partial charge in [-0.3, -0.25) is 4.79 Å². The van der Waals surface area contributed by atoms with Crippen molar-refractivity contribution in [2.45, 2.75) is 20.3 Å². The molecule has 0 aliphatic rings. The maximum Gasteiger partial charge on any atom is 0.309 e. The Morgan fingerprint density at radius 1 is 1.50 bits per heavy atom. The number of esters is 1. The predicted octanol–water partition coefficient (Wildman–Crippen LogP) is 3.10. The number of ether oxygens (including phenoxy) is 1. The summed E-state index contributed by atoms with van der Waals surface area (Å²) in [7, 11) is 0. The molecule has 0 aromatic heterocycles. The summed E-state index contributed by atoms with van der Waals surface area (Å²) in [6.07, 6.45) is 3.36. The summed E-state index contributed by atoms with van der Waals surface area (Å²) in [6, 6.07) is 4.98. The van der Waals surface area contributed by atoms with Crippen LogP contribution in [0.2, 0.25) is 0 Å². The minimum absolute atomic E-state index is 0.168. The molecule has 0 N–H and O–H groups in total. The summed E-state index contributed by atoms with van der Waals surface area (Å²) >= 11 is 0. The first-order valence-electron chi connectivity index (χ1n) is 5.21. The van der Waals surface area contributed by atoms with Crippen molar-refractivity contribution < 1.29 is 13.9 Å². The van der Waals surface area contributed by atoms with Gasteiger partial charge in [-0.2, -0.15) is 0 Å². The molecule has 0 atom stereocenters. The maximum absolute atomic E-state index is 13.4. The average Bonchev–Trinajstić information content (AvgIpc) is 2.22. The second-order valence-corrected chi connectivity index (χ2v) is 3.44. The van der Waals surface area contributed by atoms with Crippen molar-refractivity contribution in [3.8, 4) is 0 Å². The largest absolute Gasteiger partial charge is 0.466 e. The van der Waals surface area contributed by atoms with Gasteiger partial charge in [0.1, 0.15) is 5.82 Å². The van der Waals surface area contributed by atoms with Crippen LogP contribution in [0.3, 0.4) is 0 Å². The second kappa shape index (κ2) is 6.05. The molecule has 0 bridgehead atoms. The highest BCUT2D eigenvalue weighted by molar-refractivity contribution is 5.72. The molecule has 86 valence electrons. The van der Waals surface area contributed by atoms with Crippen molar-refractivity contribution in [2.75, 3.05) is 6.61 Å². The molecular formula is C13H15FO2. The molecule has 0 saturated heterocycles. The van der Waals surface area contributed by atoms with E-state index in [9.17, 15) is 9.18 Å². The summed E-state index contributed by atoms with van der Waals surface area (Å²) in [5.41, 5.74) is 1.36. The van der Waals surface area contributed by atoms with Crippen molar-refractivity contribution >= 4 is 12.0 Å². The molecule has 1 aromatic carbocycles. The third-order valence-corrected chi connectivity index (χ3v) is 2.04. The minimum atomic E-state index is -0.300. The van der Waals surface area contributed by atoms with E-state index in [2.05, 4.69) is 0 Å². The van der Waals surface area contributed by atoms with E-state index >= 15 is 0 Å². The molecule has 1 rings (SSSR count). The number of carbonyl (C=O) groups is 1. The van der Waals surface area contributed by atoms with E-state index in [0.717, 1.165) is 5.56 Å². The Hall–Kier alpha value is -1.64. The van der Waals surface area contributed by atoms with Crippen molar-refractivity contribution in [3.63, 3.8) is 0 Å². The molecule has 0 heterocycles. The van der Waals surface area contributed by atoms with Crippen LogP contribution in [0.4, 0.5) is 4.39 Å². The molecule has 2 nitrogen and oxygen atoms in total. The van der Waals surface area contributed by atoms with E-state index in [-0.39, 0.29) is 18.2 Å². The highest BCUT2D eigenvalue weighted by atomic mass is 19.1. The molecule has 0 aliphatic heterocycles. The van der Waals surface area contributed by atoms with Gasteiger partial charge in [0.15, 0.2) is 0 Å². The quantitative estimate of drug-likeness (QED) is 0.732. The molecule has 0 saturated carbocycles. The van der Waals surface area contributed by atoms with Gasteiger partial charge in [0.05, 0.1) is 13.0 Å². The van der Waals surface area contributed by atoms with Gasteiger partial charge in [-0.05, 0) is 25.5 Å². The standard InChI is InChI=1S/C13H15FO2/c1-3-16-13(15)6-4-5-11-8-7-10(2)9-12(11)14/h4-5,7-9H,3,6H2,1-2H3. The second-order valence-electron chi connectivity index (χ2n) is 3.44. The molecule has 0 fully saturated rings. The average molecular weight is 222 g/mol. The zero-order valence-electron chi connectivity index (χ0n) is 9.50. The molecule has 0 spiro atoms. The van der Waals surface area contributed by atoms with E-state index in [0.29, 0.717) is 12.2 Å². The number of halogens is 1. The van der Waals surface area contributed by atoms with Crippen LogP contribution < -0.4 is 0 Å². The van der Waals surface area contributed by atoms with E-state index in [1.165, 1.54) is 6.07 Å². The van der Waals surface area contributed by atoms with Crippen LogP contribution in [0.25, 0.3) is 6.08 Å². The summed E-state index contributed by atoms with van der Waals surface area (Å²) in [4.78, 5) is 11.0. The third kappa shape index (κ3) is 3.85. The predicted molar refractivity (Wildman–Crippen MR) is 61.4 cm³/mol. The maximum atomic E-state index is 13.4. The lowest BCUT2D eigenvalue weighted by molar-refractivity contribution is -0.142. The van der Waals surface area contributed by atoms with Gasteiger partial charge in [0.2, 0.25) is 0 Å². The number of hydrogen-bond acceptors (Lipinski definition) is 2. The first-order chi connectivity index (χ1) is 7.63. The Morgan fingerprint density at radius 2 is 2.25 bits per heavy atom. The van der Waals surface area contributed by atoms with Gasteiger partial charge in [0, 0.05) is 5.56 Å². The molecule has 3 heteroatoms. The molecule has 16 heavy (non-hydrogen) atoms. The van der Waals surface area contributed by atoms with Crippen LogP contribution in [0.1, 0.15) is 24.5 Å². The van der Waals surface area contributed by atoms with E-state index in [1.54, 1.807) is 25.1 Å². The fourth-order valence-electron chi connectivity index (χ4n) is 1.27. The minimum Gasteiger partial charge on any atom is -0.466 e. The summed E-state index contributed by atoms with van der Waals surface area (Å²) in [5, 5.41) is 0. The van der Waals surface area contributed by atoms with Gasteiger partial charge in [-0.25, -0.2) is 4.39 Å². The van der Waals surface area contributed by atoms with E-state index in [1.807, 2.05) is 13.0 Å². The van der Waals surface area contributed by atoms with Crippen molar-refractivity contribution in [2.24, 2.45) is 0 Å². The Bertz CT molecular complexity index is 397. The molecule has 0 amide bonds. The van der Waals surface area contributed by atoms with Crippen LogP contribution >= 0.6 is 0 Å².